The number of anilines is 1. The van der Waals surface area contributed by atoms with Gasteiger partial charge in [-0.25, -0.2) is 0 Å². The first-order valence-electron chi connectivity index (χ1n) is 7.44. The molecule has 0 saturated heterocycles. The molecule has 1 aromatic rings. The molecule has 106 valence electrons. The Labute approximate surface area is 117 Å². The molecule has 0 bridgehead atoms. The van der Waals surface area contributed by atoms with Crippen molar-refractivity contribution >= 4 is 5.69 Å². The van der Waals surface area contributed by atoms with Gasteiger partial charge < -0.3 is 4.90 Å². The fraction of sp³-hybridized carbons (Fsp3) is 0.625. The summed E-state index contributed by atoms with van der Waals surface area (Å²) in [6.07, 6.45) is 8.08. The van der Waals surface area contributed by atoms with Crippen molar-refractivity contribution in [3.63, 3.8) is 0 Å². The molecule has 0 amide bonds. The summed E-state index contributed by atoms with van der Waals surface area (Å²) in [6, 6.07) is 8.96. The third kappa shape index (κ3) is 3.95. The van der Waals surface area contributed by atoms with Crippen LogP contribution in [0.1, 0.15) is 50.1 Å². The van der Waals surface area contributed by atoms with E-state index in [2.05, 4.69) is 48.7 Å². The first-order chi connectivity index (χ1) is 9.20. The van der Waals surface area contributed by atoms with Crippen molar-refractivity contribution < 1.29 is 0 Å². The van der Waals surface area contributed by atoms with Crippen molar-refractivity contribution in [3.8, 4) is 0 Å². The molecule has 1 fully saturated rings. The number of hydrogen-bond donors (Lipinski definition) is 2. The fourth-order valence-electron chi connectivity index (χ4n) is 3.08. The lowest BCUT2D eigenvalue weighted by atomic mass is 9.83. The van der Waals surface area contributed by atoms with Crippen molar-refractivity contribution in [2.45, 2.75) is 44.6 Å². The summed E-state index contributed by atoms with van der Waals surface area (Å²) in [5.41, 5.74) is 5.56. The molecule has 0 spiro atoms. The summed E-state index contributed by atoms with van der Waals surface area (Å²) in [5, 5.41) is 0. The lowest BCUT2D eigenvalue weighted by Crippen LogP contribution is -2.30. The summed E-state index contributed by atoms with van der Waals surface area (Å²) in [7, 11) is 4.15. The number of hydrogen-bond acceptors (Lipinski definition) is 3. The van der Waals surface area contributed by atoms with Gasteiger partial charge in [0.25, 0.3) is 0 Å². The Morgan fingerprint density at radius 2 is 2.00 bits per heavy atom. The van der Waals surface area contributed by atoms with E-state index < -0.39 is 0 Å². The number of benzene rings is 1. The molecule has 0 aliphatic heterocycles. The van der Waals surface area contributed by atoms with Gasteiger partial charge in [0, 0.05) is 25.8 Å². The highest BCUT2D eigenvalue weighted by Crippen LogP contribution is 2.32. The standard InChI is InChI=1S/C16H27N3/c1-19(2)15-10-6-9-14(12-15)16(18-17)11-13-7-4-3-5-8-13/h6,9-10,12-13,16,18H,3-5,7-8,11,17H2,1-2H3. The molecule has 1 aliphatic rings. The van der Waals surface area contributed by atoms with Gasteiger partial charge in [0.05, 0.1) is 0 Å². The predicted molar refractivity (Wildman–Crippen MR) is 82.0 cm³/mol. The molecule has 1 unspecified atom stereocenters. The molecule has 3 N–H and O–H groups in total. The predicted octanol–water partition coefficient (Wildman–Crippen LogP) is 3.23. The van der Waals surface area contributed by atoms with E-state index in [-0.39, 0.29) is 6.04 Å². The smallest absolute Gasteiger partial charge is 0.0463 e. The van der Waals surface area contributed by atoms with Gasteiger partial charge in [0.2, 0.25) is 0 Å². The van der Waals surface area contributed by atoms with Gasteiger partial charge in [0.15, 0.2) is 0 Å². The average Bonchev–Trinajstić information content (AvgIpc) is 2.46. The minimum Gasteiger partial charge on any atom is -0.378 e. The largest absolute Gasteiger partial charge is 0.378 e. The summed E-state index contributed by atoms with van der Waals surface area (Å²) in [4.78, 5) is 2.14. The fourth-order valence-corrected chi connectivity index (χ4v) is 3.08. The third-order valence-corrected chi connectivity index (χ3v) is 4.28. The highest BCUT2D eigenvalue weighted by molar-refractivity contribution is 5.47. The molecule has 19 heavy (non-hydrogen) atoms. The third-order valence-electron chi connectivity index (χ3n) is 4.28. The summed E-state index contributed by atoms with van der Waals surface area (Å²) >= 11 is 0. The Balaban J connectivity index is 2.05. The number of nitrogens with zero attached hydrogens (tertiary/aromatic N) is 1. The van der Waals surface area contributed by atoms with Crippen molar-refractivity contribution in [1.82, 2.24) is 5.43 Å². The number of nitrogens with one attached hydrogen (secondary N) is 1. The average molecular weight is 261 g/mol. The molecule has 0 heterocycles. The lowest BCUT2D eigenvalue weighted by molar-refractivity contribution is 0.301. The quantitative estimate of drug-likeness (QED) is 0.631. The Kier molecular flexibility index (Phi) is 5.23. The maximum Gasteiger partial charge on any atom is 0.0463 e. The zero-order valence-corrected chi connectivity index (χ0v) is 12.2. The molecular weight excluding hydrogens is 234 g/mol. The number of nitrogens with two attached hydrogens (primary N) is 1. The van der Waals surface area contributed by atoms with E-state index in [1.165, 1.54) is 43.4 Å². The van der Waals surface area contributed by atoms with Gasteiger partial charge in [-0.15, -0.1) is 0 Å². The van der Waals surface area contributed by atoms with Gasteiger partial charge >= 0.3 is 0 Å². The van der Waals surface area contributed by atoms with Crippen molar-refractivity contribution in [2.75, 3.05) is 19.0 Å². The Morgan fingerprint density at radius 1 is 1.26 bits per heavy atom. The van der Waals surface area contributed by atoms with Crippen LogP contribution in [-0.4, -0.2) is 14.1 Å². The van der Waals surface area contributed by atoms with Crippen LogP contribution in [0.4, 0.5) is 5.69 Å². The first-order valence-corrected chi connectivity index (χ1v) is 7.44. The van der Waals surface area contributed by atoms with E-state index in [0.717, 1.165) is 12.3 Å². The topological polar surface area (TPSA) is 41.3 Å². The van der Waals surface area contributed by atoms with Crippen molar-refractivity contribution in [2.24, 2.45) is 11.8 Å². The second-order valence-corrected chi connectivity index (χ2v) is 5.95. The van der Waals surface area contributed by atoms with Crippen LogP contribution in [-0.2, 0) is 0 Å². The second-order valence-electron chi connectivity index (χ2n) is 5.95. The minimum absolute atomic E-state index is 0.281. The highest BCUT2D eigenvalue weighted by Gasteiger charge is 2.19. The van der Waals surface area contributed by atoms with Crippen LogP contribution in [0.15, 0.2) is 24.3 Å². The summed E-state index contributed by atoms with van der Waals surface area (Å²) in [6.45, 7) is 0. The Morgan fingerprint density at radius 3 is 2.63 bits per heavy atom. The van der Waals surface area contributed by atoms with Gasteiger partial charge in [0.1, 0.15) is 0 Å². The second kappa shape index (κ2) is 6.92. The van der Waals surface area contributed by atoms with Crippen LogP contribution >= 0.6 is 0 Å². The van der Waals surface area contributed by atoms with Crippen molar-refractivity contribution in [3.05, 3.63) is 29.8 Å². The summed E-state index contributed by atoms with van der Waals surface area (Å²) < 4.78 is 0. The Bertz CT molecular complexity index is 383. The van der Waals surface area contributed by atoms with Crippen LogP contribution in [0.5, 0.6) is 0 Å². The van der Waals surface area contributed by atoms with Gasteiger partial charge in [-0.3, -0.25) is 11.3 Å². The van der Waals surface area contributed by atoms with E-state index in [9.17, 15) is 0 Å². The highest BCUT2D eigenvalue weighted by atomic mass is 15.2. The minimum atomic E-state index is 0.281. The molecule has 0 radical (unpaired) electrons. The maximum atomic E-state index is 5.78. The van der Waals surface area contributed by atoms with Crippen LogP contribution in [0.2, 0.25) is 0 Å². The molecular formula is C16H27N3. The van der Waals surface area contributed by atoms with E-state index in [4.69, 9.17) is 5.84 Å². The first kappa shape index (κ1) is 14.4. The van der Waals surface area contributed by atoms with Gasteiger partial charge in [-0.1, -0.05) is 44.2 Å². The monoisotopic (exact) mass is 261 g/mol. The van der Waals surface area contributed by atoms with E-state index >= 15 is 0 Å². The summed E-state index contributed by atoms with van der Waals surface area (Å²) in [5.74, 6) is 6.62. The molecule has 1 atom stereocenters. The molecule has 2 rings (SSSR count). The lowest BCUT2D eigenvalue weighted by Gasteiger charge is -2.27. The molecule has 0 aromatic heterocycles. The van der Waals surface area contributed by atoms with Crippen LogP contribution < -0.4 is 16.2 Å². The van der Waals surface area contributed by atoms with Crippen LogP contribution in [0.3, 0.4) is 0 Å². The van der Waals surface area contributed by atoms with Crippen molar-refractivity contribution in [1.29, 1.82) is 0 Å². The zero-order valence-electron chi connectivity index (χ0n) is 12.2. The van der Waals surface area contributed by atoms with E-state index in [1.54, 1.807) is 0 Å². The maximum absolute atomic E-state index is 5.78. The number of rotatable bonds is 5. The van der Waals surface area contributed by atoms with E-state index in [0.29, 0.717) is 0 Å². The van der Waals surface area contributed by atoms with Crippen LogP contribution in [0.25, 0.3) is 0 Å². The van der Waals surface area contributed by atoms with Gasteiger partial charge in [-0.05, 0) is 30.0 Å². The van der Waals surface area contributed by atoms with Gasteiger partial charge in [-0.2, -0.15) is 0 Å². The molecule has 3 heteroatoms. The molecule has 1 saturated carbocycles. The molecule has 3 nitrogen and oxygen atoms in total. The zero-order chi connectivity index (χ0) is 13.7. The normalized spacial score (nSPS) is 18.3. The van der Waals surface area contributed by atoms with E-state index in [1.807, 2.05) is 0 Å². The number of hydrazine groups is 1. The van der Waals surface area contributed by atoms with Crippen LogP contribution in [0, 0.1) is 5.92 Å². The SMILES string of the molecule is CN(C)c1cccc(C(CC2CCCCC2)NN)c1. The molecule has 1 aromatic carbocycles. The Hall–Kier alpha value is -1.06. The molecule has 1 aliphatic carbocycles.